The fourth-order valence-electron chi connectivity index (χ4n) is 2.83. The first-order valence-electron chi connectivity index (χ1n) is 6.66. The Morgan fingerprint density at radius 1 is 1.18 bits per heavy atom. The second-order valence-electron chi connectivity index (χ2n) is 5.23. The molecule has 0 aliphatic carbocycles. The number of nitrogens with one attached hydrogen (secondary N) is 1. The number of carbonyl (C=O) groups excluding carboxylic acids is 1. The van der Waals surface area contributed by atoms with Gasteiger partial charge >= 0.3 is 0 Å². The molecule has 0 saturated carbocycles. The zero-order valence-corrected chi connectivity index (χ0v) is 10.2. The highest BCUT2D eigenvalue weighted by atomic mass is 16.5. The molecule has 3 aliphatic rings. The first kappa shape index (κ1) is 11.4. The summed E-state index contributed by atoms with van der Waals surface area (Å²) in [7, 11) is 0. The van der Waals surface area contributed by atoms with Gasteiger partial charge in [-0.15, -0.1) is 0 Å². The largest absolute Gasteiger partial charge is 0.381 e. The van der Waals surface area contributed by atoms with Crippen LogP contribution in [0, 0.1) is 5.92 Å². The van der Waals surface area contributed by atoms with Crippen molar-refractivity contribution in [1.82, 2.24) is 15.1 Å². The van der Waals surface area contributed by atoms with E-state index in [1.165, 1.54) is 0 Å². The zero-order valence-electron chi connectivity index (χ0n) is 10.2. The highest BCUT2D eigenvalue weighted by Crippen LogP contribution is 2.17. The molecule has 1 amide bonds. The van der Waals surface area contributed by atoms with Gasteiger partial charge in [-0.05, 0) is 6.42 Å². The minimum absolute atomic E-state index is 0.131. The van der Waals surface area contributed by atoms with Crippen LogP contribution >= 0.6 is 0 Å². The van der Waals surface area contributed by atoms with Gasteiger partial charge in [-0.1, -0.05) is 0 Å². The van der Waals surface area contributed by atoms with E-state index in [0.29, 0.717) is 18.6 Å². The molecule has 1 N–H and O–H groups in total. The lowest BCUT2D eigenvalue weighted by molar-refractivity contribution is -0.137. The summed E-state index contributed by atoms with van der Waals surface area (Å²) in [6, 6.07) is 0.710. The van der Waals surface area contributed by atoms with Gasteiger partial charge in [0.25, 0.3) is 0 Å². The summed E-state index contributed by atoms with van der Waals surface area (Å²) in [5.41, 5.74) is 0. The van der Waals surface area contributed by atoms with E-state index in [1.54, 1.807) is 0 Å². The minimum atomic E-state index is 0.131. The number of piperazine rings is 1. The van der Waals surface area contributed by atoms with Gasteiger partial charge in [0, 0.05) is 51.9 Å². The predicted molar refractivity (Wildman–Crippen MR) is 63.7 cm³/mol. The van der Waals surface area contributed by atoms with Crippen LogP contribution in [0.25, 0.3) is 0 Å². The Morgan fingerprint density at radius 3 is 2.47 bits per heavy atom. The Kier molecular flexibility index (Phi) is 3.31. The van der Waals surface area contributed by atoms with Crippen molar-refractivity contribution < 1.29 is 9.53 Å². The van der Waals surface area contributed by atoms with Crippen molar-refractivity contribution in [2.45, 2.75) is 12.5 Å². The van der Waals surface area contributed by atoms with Gasteiger partial charge in [0.1, 0.15) is 0 Å². The molecule has 0 spiro atoms. The summed E-state index contributed by atoms with van der Waals surface area (Å²) in [5, 5.41) is 3.30. The van der Waals surface area contributed by atoms with E-state index in [2.05, 4.69) is 10.2 Å². The maximum atomic E-state index is 12.2. The van der Waals surface area contributed by atoms with Crippen molar-refractivity contribution >= 4 is 5.91 Å². The van der Waals surface area contributed by atoms with E-state index in [1.807, 2.05) is 4.90 Å². The molecule has 17 heavy (non-hydrogen) atoms. The number of ether oxygens (including phenoxy) is 1. The van der Waals surface area contributed by atoms with Crippen LogP contribution in [-0.2, 0) is 9.53 Å². The second kappa shape index (κ2) is 4.92. The molecule has 5 heteroatoms. The van der Waals surface area contributed by atoms with Crippen molar-refractivity contribution in [3.63, 3.8) is 0 Å². The summed E-state index contributed by atoms with van der Waals surface area (Å²) in [6.45, 7) is 7.47. The third-order valence-corrected chi connectivity index (χ3v) is 4.18. The average molecular weight is 239 g/mol. The predicted octanol–water partition coefficient (Wildman–Crippen LogP) is -0.861. The molecule has 3 rings (SSSR count). The minimum Gasteiger partial charge on any atom is -0.381 e. The maximum Gasteiger partial charge on any atom is 0.228 e. The summed E-state index contributed by atoms with van der Waals surface area (Å²) in [6.07, 6.45) is 0.908. The van der Waals surface area contributed by atoms with E-state index in [-0.39, 0.29) is 5.92 Å². The quantitative estimate of drug-likeness (QED) is 0.681. The van der Waals surface area contributed by atoms with E-state index in [4.69, 9.17) is 4.74 Å². The lowest BCUT2D eigenvalue weighted by Gasteiger charge is -2.43. The molecule has 5 nitrogen and oxygen atoms in total. The molecular formula is C12H21N3O2. The monoisotopic (exact) mass is 239 g/mol. The Bertz CT molecular complexity index is 279. The molecule has 0 bridgehead atoms. The Morgan fingerprint density at radius 2 is 1.94 bits per heavy atom. The molecule has 3 aliphatic heterocycles. The van der Waals surface area contributed by atoms with E-state index in [9.17, 15) is 4.79 Å². The number of carbonyl (C=O) groups is 1. The van der Waals surface area contributed by atoms with Crippen molar-refractivity contribution in [2.75, 3.05) is 52.5 Å². The molecule has 96 valence electrons. The van der Waals surface area contributed by atoms with Gasteiger partial charge < -0.3 is 15.0 Å². The van der Waals surface area contributed by atoms with Crippen LogP contribution in [-0.4, -0.2) is 74.2 Å². The number of hydrogen-bond donors (Lipinski definition) is 1. The van der Waals surface area contributed by atoms with Gasteiger partial charge in [0.2, 0.25) is 5.91 Å². The van der Waals surface area contributed by atoms with Crippen LogP contribution in [0.1, 0.15) is 6.42 Å². The van der Waals surface area contributed by atoms with Crippen LogP contribution in [0.3, 0.4) is 0 Å². The molecule has 0 aromatic rings. The third kappa shape index (κ3) is 2.32. The molecule has 1 atom stereocenters. The Hall–Kier alpha value is -0.650. The lowest BCUT2D eigenvalue weighted by atomic mass is 10.1. The van der Waals surface area contributed by atoms with E-state index < -0.39 is 0 Å². The fourth-order valence-corrected chi connectivity index (χ4v) is 2.83. The molecule has 1 unspecified atom stereocenters. The fraction of sp³-hybridized carbons (Fsp3) is 0.917. The second-order valence-corrected chi connectivity index (χ2v) is 5.23. The van der Waals surface area contributed by atoms with Gasteiger partial charge in [0.15, 0.2) is 0 Å². The van der Waals surface area contributed by atoms with Crippen LogP contribution < -0.4 is 5.32 Å². The SMILES string of the molecule is O=C(C1CCOC1)N1CCN(C2CNC2)CC1. The van der Waals surface area contributed by atoms with Crippen LogP contribution in [0.4, 0.5) is 0 Å². The number of rotatable bonds is 2. The topological polar surface area (TPSA) is 44.8 Å². The highest BCUT2D eigenvalue weighted by molar-refractivity contribution is 5.79. The molecule has 3 heterocycles. The van der Waals surface area contributed by atoms with Crippen molar-refractivity contribution in [2.24, 2.45) is 5.92 Å². The van der Waals surface area contributed by atoms with Crippen LogP contribution in [0.2, 0.25) is 0 Å². The van der Waals surface area contributed by atoms with Gasteiger partial charge in [0.05, 0.1) is 12.5 Å². The van der Waals surface area contributed by atoms with Gasteiger partial charge in [-0.25, -0.2) is 0 Å². The molecule has 0 radical (unpaired) electrons. The standard InChI is InChI=1S/C12H21N3O2/c16-12(10-1-6-17-9-10)15-4-2-14(3-5-15)11-7-13-8-11/h10-11,13H,1-9H2. The number of nitrogens with zero attached hydrogens (tertiary/aromatic N) is 2. The summed E-state index contributed by atoms with van der Waals surface area (Å²) in [4.78, 5) is 16.7. The van der Waals surface area contributed by atoms with Crippen molar-refractivity contribution in [3.05, 3.63) is 0 Å². The van der Waals surface area contributed by atoms with Crippen LogP contribution in [0.15, 0.2) is 0 Å². The third-order valence-electron chi connectivity index (χ3n) is 4.18. The van der Waals surface area contributed by atoms with Crippen LogP contribution in [0.5, 0.6) is 0 Å². The Balaban J connectivity index is 1.48. The zero-order chi connectivity index (χ0) is 11.7. The van der Waals surface area contributed by atoms with Gasteiger partial charge in [-0.3, -0.25) is 9.69 Å². The summed E-state index contributed by atoms with van der Waals surface area (Å²) >= 11 is 0. The van der Waals surface area contributed by atoms with Crippen molar-refractivity contribution in [3.8, 4) is 0 Å². The lowest BCUT2D eigenvalue weighted by Crippen LogP contribution is -2.62. The first-order valence-corrected chi connectivity index (χ1v) is 6.66. The molecule has 0 aromatic heterocycles. The molecule has 0 aromatic carbocycles. The number of amides is 1. The summed E-state index contributed by atoms with van der Waals surface area (Å²) < 4.78 is 5.29. The average Bonchev–Trinajstić information content (AvgIpc) is 2.80. The first-order chi connectivity index (χ1) is 8.34. The molecule has 3 saturated heterocycles. The van der Waals surface area contributed by atoms with E-state index >= 15 is 0 Å². The highest BCUT2D eigenvalue weighted by Gasteiger charge is 2.32. The Labute approximate surface area is 102 Å². The van der Waals surface area contributed by atoms with Crippen molar-refractivity contribution in [1.29, 1.82) is 0 Å². The summed E-state index contributed by atoms with van der Waals surface area (Å²) in [5.74, 6) is 0.445. The smallest absolute Gasteiger partial charge is 0.228 e. The number of hydrogen-bond acceptors (Lipinski definition) is 4. The normalized spacial score (nSPS) is 31.5. The van der Waals surface area contributed by atoms with E-state index in [0.717, 1.165) is 52.3 Å². The maximum absolute atomic E-state index is 12.2. The molecule has 3 fully saturated rings. The molecular weight excluding hydrogens is 218 g/mol. The van der Waals surface area contributed by atoms with Gasteiger partial charge in [-0.2, -0.15) is 0 Å².